The van der Waals surface area contributed by atoms with E-state index in [0.717, 1.165) is 0 Å². The van der Waals surface area contributed by atoms with Gasteiger partial charge in [-0.25, -0.2) is 13.8 Å². The summed E-state index contributed by atoms with van der Waals surface area (Å²) in [6.07, 6.45) is -3.48. The van der Waals surface area contributed by atoms with Crippen LogP contribution in [0.3, 0.4) is 0 Å². The molecular weight excluding hydrogens is 375 g/mol. The summed E-state index contributed by atoms with van der Waals surface area (Å²) in [4.78, 5) is 12.1. The first-order valence-electron chi connectivity index (χ1n) is 7.74. The first-order chi connectivity index (χ1) is 12.5. The highest BCUT2D eigenvalue weighted by Gasteiger charge is 2.62. The van der Waals surface area contributed by atoms with Crippen molar-refractivity contribution in [1.29, 1.82) is 0 Å². The Morgan fingerprint density at radius 3 is 3.04 bits per heavy atom. The Morgan fingerprint density at radius 1 is 1.50 bits per heavy atom. The number of ether oxygens (including phenoxy) is 2. The van der Waals surface area contributed by atoms with Gasteiger partial charge in [0, 0.05) is 7.11 Å². The van der Waals surface area contributed by atoms with Crippen molar-refractivity contribution >= 4 is 25.7 Å². The Morgan fingerprint density at radius 2 is 2.31 bits per heavy atom. The molecule has 0 saturated carbocycles. The van der Waals surface area contributed by atoms with E-state index in [0.29, 0.717) is 6.61 Å². The maximum Gasteiger partial charge on any atom is 0.333 e. The van der Waals surface area contributed by atoms with Gasteiger partial charge in [-0.1, -0.05) is 0 Å². The van der Waals surface area contributed by atoms with E-state index in [1.165, 1.54) is 18.0 Å². The molecular formula is C13H16F2N5O5P. The predicted molar refractivity (Wildman–Crippen MR) is 84.5 cm³/mol. The van der Waals surface area contributed by atoms with Crippen molar-refractivity contribution in [2.75, 3.05) is 26.1 Å². The number of nitrogens with zero attached hydrogens (tertiary/aromatic N) is 4. The van der Waals surface area contributed by atoms with Crippen LogP contribution in [0.2, 0.25) is 0 Å². The van der Waals surface area contributed by atoms with E-state index in [1.54, 1.807) is 6.92 Å². The molecule has 26 heavy (non-hydrogen) atoms. The van der Waals surface area contributed by atoms with Gasteiger partial charge >= 0.3 is 8.60 Å². The summed E-state index contributed by atoms with van der Waals surface area (Å²) in [7, 11) is -0.507. The third-order valence-corrected chi connectivity index (χ3v) is 5.02. The Labute approximate surface area is 147 Å². The molecule has 0 aliphatic carbocycles. The van der Waals surface area contributed by atoms with Gasteiger partial charge < -0.3 is 24.3 Å². The van der Waals surface area contributed by atoms with E-state index < -0.39 is 39.6 Å². The van der Waals surface area contributed by atoms with Crippen LogP contribution in [0.1, 0.15) is 13.2 Å². The van der Waals surface area contributed by atoms with Crippen molar-refractivity contribution in [2.24, 2.45) is 0 Å². The average Bonchev–Trinajstić information content (AvgIpc) is 3.14. The standard InChI is InChI=1S/C13H16F2N5O5P/c1-3-22-10-7-9(18-12(16)19-10)20(5-17-7)11-6(14)8-13(15,24-11)4-23-26(21-2)25-8/h5-6,8,11H,3-4H2,1-2H3,(H2,16,18,19). The summed E-state index contributed by atoms with van der Waals surface area (Å²) in [5, 5.41) is 0. The van der Waals surface area contributed by atoms with Gasteiger partial charge in [-0.15, -0.1) is 0 Å². The summed E-state index contributed by atoms with van der Waals surface area (Å²) in [6.45, 7) is 1.58. The summed E-state index contributed by atoms with van der Waals surface area (Å²) < 4.78 is 57.1. The number of imidazole rings is 1. The van der Waals surface area contributed by atoms with E-state index in [4.69, 9.17) is 28.8 Å². The van der Waals surface area contributed by atoms with Crippen LogP contribution < -0.4 is 10.5 Å². The zero-order valence-electron chi connectivity index (χ0n) is 13.8. The first-order valence-corrected chi connectivity index (χ1v) is 8.84. The fraction of sp³-hybridized carbons (Fsp3) is 0.615. The van der Waals surface area contributed by atoms with E-state index in [9.17, 15) is 8.78 Å². The predicted octanol–water partition coefficient (Wildman–Crippen LogP) is 1.63. The molecule has 4 rings (SSSR count). The van der Waals surface area contributed by atoms with E-state index >= 15 is 0 Å². The zero-order valence-corrected chi connectivity index (χ0v) is 14.7. The Bertz CT molecular complexity index is 828. The van der Waals surface area contributed by atoms with Gasteiger partial charge in [0.2, 0.25) is 11.8 Å². The lowest BCUT2D eigenvalue weighted by Crippen LogP contribution is -2.46. The van der Waals surface area contributed by atoms with Crippen molar-refractivity contribution in [3.63, 3.8) is 0 Å². The maximum atomic E-state index is 15.0. The number of alkyl halides is 2. The fourth-order valence-electron chi connectivity index (χ4n) is 2.87. The molecule has 5 unspecified atom stereocenters. The normalized spacial score (nSPS) is 34.2. The highest BCUT2D eigenvalue weighted by Crippen LogP contribution is 2.55. The largest absolute Gasteiger partial charge is 0.476 e. The van der Waals surface area contributed by atoms with Gasteiger partial charge in [0.15, 0.2) is 29.7 Å². The lowest BCUT2D eigenvalue weighted by molar-refractivity contribution is -0.214. The number of halogens is 2. The third kappa shape index (κ3) is 2.69. The highest BCUT2D eigenvalue weighted by atomic mass is 31.2. The topological polar surface area (TPSA) is 116 Å². The second-order valence-corrected chi connectivity index (χ2v) is 6.87. The van der Waals surface area contributed by atoms with Gasteiger partial charge in [0.05, 0.1) is 12.9 Å². The van der Waals surface area contributed by atoms with Crippen molar-refractivity contribution < 1.29 is 31.8 Å². The van der Waals surface area contributed by atoms with Crippen molar-refractivity contribution in [1.82, 2.24) is 19.5 Å². The van der Waals surface area contributed by atoms with Crippen molar-refractivity contribution in [3.05, 3.63) is 6.33 Å². The number of fused-ring (bicyclic) bond motifs is 2. The van der Waals surface area contributed by atoms with Crippen LogP contribution in [-0.4, -0.2) is 58.0 Å². The molecule has 2 aliphatic rings. The molecule has 0 amide bonds. The number of nitrogen functional groups attached to an aromatic ring is 1. The van der Waals surface area contributed by atoms with Crippen LogP contribution in [-0.2, 0) is 18.3 Å². The maximum absolute atomic E-state index is 15.0. The van der Waals surface area contributed by atoms with Crippen molar-refractivity contribution in [3.8, 4) is 5.88 Å². The zero-order chi connectivity index (χ0) is 18.5. The second-order valence-electron chi connectivity index (χ2n) is 5.59. The lowest BCUT2D eigenvalue weighted by atomic mass is 10.1. The van der Waals surface area contributed by atoms with Crippen molar-refractivity contribution in [2.45, 2.75) is 31.3 Å². The van der Waals surface area contributed by atoms with Gasteiger partial charge in [0.25, 0.3) is 5.85 Å². The van der Waals surface area contributed by atoms with Gasteiger partial charge in [-0.3, -0.25) is 9.09 Å². The molecule has 2 aromatic heterocycles. The molecule has 0 spiro atoms. The number of hydrogen-bond acceptors (Lipinski definition) is 9. The minimum atomic E-state index is -2.46. The van der Waals surface area contributed by atoms with Gasteiger partial charge in [0.1, 0.15) is 6.61 Å². The SMILES string of the molecule is CCOc1nc(N)nc2c1ncn2C1OC2(F)COP(OC)OC2C1F. The minimum Gasteiger partial charge on any atom is -0.476 e. The van der Waals surface area contributed by atoms with Crippen LogP contribution in [0.4, 0.5) is 14.7 Å². The molecule has 5 atom stereocenters. The van der Waals surface area contributed by atoms with Crippen LogP contribution in [0, 0.1) is 0 Å². The van der Waals surface area contributed by atoms with E-state index in [-0.39, 0.29) is 23.0 Å². The fourth-order valence-corrected chi connectivity index (χ4v) is 3.87. The summed E-state index contributed by atoms with van der Waals surface area (Å²) in [5.74, 6) is -2.40. The van der Waals surface area contributed by atoms with Crippen LogP contribution in [0.5, 0.6) is 5.88 Å². The quantitative estimate of drug-likeness (QED) is 0.776. The lowest BCUT2D eigenvalue weighted by Gasteiger charge is -2.33. The minimum absolute atomic E-state index is 0.0917. The highest BCUT2D eigenvalue weighted by molar-refractivity contribution is 7.41. The number of aromatic nitrogens is 4. The van der Waals surface area contributed by atoms with Gasteiger partial charge in [-0.05, 0) is 6.92 Å². The molecule has 10 nitrogen and oxygen atoms in total. The first kappa shape index (κ1) is 17.7. The van der Waals surface area contributed by atoms with E-state index in [1.807, 2.05) is 0 Å². The Kier molecular flexibility index (Phi) is 4.40. The molecule has 2 fully saturated rings. The monoisotopic (exact) mass is 391 g/mol. The number of rotatable bonds is 4. The van der Waals surface area contributed by atoms with Crippen LogP contribution in [0.25, 0.3) is 11.2 Å². The summed E-state index contributed by atoms with van der Waals surface area (Å²) >= 11 is 0. The number of anilines is 1. The molecule has 142 valence electrons. The molecule has 0 radical (unpaired) electrons. The Balaban J connectivity index is 1.72. The molecule has 0 bridgehead atoms. The molecule has 2 aliphatic heterocycles. The van der Waals surface area contributed by atoms with E-state index in [2.05, 4.69) is 15.0 Å². The molecule has 2 saturated heterocycles. The number of nitrogens with two attached hydrogens (primary N) is 1. The van der Waals surface area contributed by atoms with Crippen LogP contribution >= 0.6 is 8.60 Å². The summed E-state index contributed by atoms with van der Waals surface area (Å²) in [6, 6.07) is 0. The smallest absolute Gasteiger partial charge is 0.333 e. The third-order valence-electron chi connectivity index (χ3n) is 3.98. The molecule has 2 N–H and O–H groups in total. The van der Waals surface area contributed by atoms with Gasteiger partial charge in [-0.2, -0.15) is 9.97 Å². The molecule has 0 aromatic carbocycles. The van der Waals surface area contributed by atoms with Crippen LogP contribution in [0.15, 0.2) is 6.33 Å². The molecule has 13 heteroatoms. The number of hydrogen-bond donors (Lipinski definition) is 1. The second kappa shape index (κ2) is 6.46. The Hall–Kier alpha value is -1.72. The average molecular weight is 391 g/mol. The molecule has 2 aromatic rings. The summed E-state index contributed by atoms with van der Waals surface area (Å²) in [5.41, 5.74) is 6.10. The molecule has 4 heterocycles.